The van der Waals surface area contributed by atoms with E-state index in [1.54, 1.807) is 18.7 Å². The zero-order valence-electron chi connectivity index (χ0n) is 13.4. The number of amides is 1. The fraction of sp³-hybridized carbons (Fsp3) is 0.500. The summed E-state index contributed by atoms with van der Waals surface area (Å²) in [6, 6.07) is 4.85. The van der Waals surface area contributed by atoms with Gasteiger partial charge >= 0.3 is 5.97 Å². The molecule has 1 amide bonds. The number of carboxylic acids is 1. The van der Waals surface area contributed by atoms with Crippen LogP contribution in [0.1, 0.15) is 24.5 Å². The van der Waals surface area contributed by atoms with Gasteiger partial charge in [-0.3, -0.25) is 4.79 Å². The number of hydrogen-bond donors (Lipinski definition) is 2. The van der Waals surface area contributed by atoms with Gasteiger partial charge in [-0.1, -0.05) is 18.2 Å². The smallest absolute Gasteiger partial charge is 0.326 e. The van der Waals surface area contributed by atoms with E-state index < -0.39 is 24.0 Å². The summed E-state index contributed by atoms with van der Waals surface area (Å²) in [5, 5.41) is 11.7. The van der Waals surface area contributed by atoms with Crippen molar-refractivity contribution in [2.45, 2.75) is 39.3 Å². The van der Waals surface area contributed by atoms with Gasteiger partial charge in [-0.15, -0.1) is 0 Å². The molecule has 0 heterocycles. The van der Waals surface area contributed by atoms with Gasteiger partial charge in [0.25, 0.3) is 5.91 Å². The van der Waals surface area contributed by atoms with Crippen LogP contribution >= 0.6 is 11.8 Å². The van der Waals surface area contributed by atoms with Crippen LogP contribution in [0, 0.1) is 13.8 Å². The summed E-state index contributed by atoms with van der Waals surface area (Å²) in [6.07, 6.45) is 1.53. The lowest BCUT2D eigenvalue weighted by Gasteiger charge is -2.20. The molecule has 1 rings (SSSR count). The average molecular weight is 325 g/mol. The number of para-hydroxylation sites is 1. The van der Waals surface area contributed by atoms with E-state index in [0.29, 0.717) is 17.9 Å². The summed E-state index contributed by atoms with van der Waals surface area (Å²) < 4.78 is 5.71. The van der Waals surface area contributed by atoms with Gasteiger partial charge < -0.3 is 15.2 Å². The van der Waals surface area contributed by atoms with E-state index in [4.69, 9.17) is 9.84 Å². The normalized spacial score (nSPS) is 13.3. The van der Waals surface area contributed by atoms with Crippen LogP contribution in [-0.2, 0) is 9.59 Å². The molecular weight excluding hydrogens is 302 g/mol. The van der Waals surface area contributed by atoms with Crippen LogP contribution in [0.15, 0.2) is 18.2 Å². The van der Waals surface area contributed by atoms with Gasteiger partial charge in [0, 0.05) is 0 Å². The topological polar surface area (TPSA) is 75.6 Å². The molecule has 0 fully saturated rings. The monoisotopic (exact) mass is 325 g/mol. The highest BCUT2D eigenvalue weighted by Crippen LogP contribution is 2.23. The fourth-order valence-electron chi connectivity index (χ4n) is 2.00. The Balaban J connectivity index is 2.70. The van der Waals surface area contributed by atoms with Crippen molar-refractivity contribution in [1.82, 2.24) is 5.32 Å². The zero-order chi connectivity index (χ0) is 16.7. The largest absolute Gasteiger partial charge is 0.480 e. The lowest BCUT2D eigenvalue weighted by molar-refractivity contribution is -0.142. The van der Waals surface area contributed by atoms with Crippen LogP contribution < -0.4 is 10.1 Å². The number of hydrogen-bond acceptors (Lipinski definition) is 4. The Kier molecular flexibility index (Phi) is 7.24. The molecule has 0 aromatic heterocycles. The van der Waals surface area contributed by atoms with Crippen molar-refractivity contribution in [2.75, 3.05) is 12.0 Å². The van der Waals surface area contributed by atoms with Gasteiger partial charge in [-0.2, -0.15) is 11.8 Å². The Morgan fingerprint density at radius 1 is 1.32 bits per heavy atom. The molecule has 0 aliphatic heterocycles. The average Bonchev–Trinajstić information content (AvgIpc) is 2.46. The molecule has 0 bridgehead atoms. The van der Waals surface area contributed by atoms with Gasteiger partial charge in [-0.25, -0.2) is 4.79 Å². The van der Waals surface area contributed by atoms with E-state index in [1.165, 1.54) is 0 Å². The maximum absolute atomic E-state index is 12.1. The van der Waals surface area contributed by atoms with E-state index in [2.05, 4.69) is 5.32 Å². The molecule has 1 aromatic rings. The number of thioether (sulfide) groups is 1. The quantitative estimate of drug-likeness (QED) is 0.767. The fourth-order valence-corrected chi connectivity index (χ4v) is 2.47. The highest BCUT2D eigenvalue weighted by Gasteiger charge is 2.24. The van der Waals surface area contributed by atoms with Gasteiger partial charge in [0.1, 0.15) is 11.8 Å². The van der Waals surface area contributed by atoms with Crippen molar-refractivity contribution >= 4 is 23.6 Å². The van der Waals surface area contributed by atoms with Crippen molar-refractivity contribution in [1.29, 1.82) is 0 Å². The lowest BCUT2D eigenvalue weighted by Crippen LogP contribution is -2.46. The molecule has 0 saturated carbocycles. The molecule has 6 heteroatoms. The van der Waals surface area contributed by atoms with Gasteiger partial charge in [0.15, 0.2) is 6.10 Å². The zero-order valence-corrected chi connectivity index (χ0v) is 14.2. The van der Waals surface area contributed by atoms with Crippen LogP contribution in [-0.4, -0.2) is 41.1 Å². The number of rotatable bonds is 8. The maximum Gasteiger partial charge on any atom is 0.326 e. The third-order valence-electron chi connectivity index (χ3n) is 3.30. The standard InChI is InChI=1S/C16H23NO4S/c1-10-6-5-7-11(2)14(10)21-12(3)15(18)17-13(16(19)20)8-9-22-4/h5-7,12-13H,8-9H2,1-4H3,(H,17,18)(H,19,20). The van der Waals surface area contributed by atoms with Crippen LogP contribution in [0.3, 0.4) is 0 Å². The van der Waals surface area contributed by atoms with Crippen LogP contribution in [0.25, 0.3) is 0 Å². The second-order valence-electron chi connectivity index (χ2n) is 5.16. The Labute approximate surface area is 135 Å². The predicted octanol–water partition coefficient (Wildman–Crippen LogP) is 2.39. The number of aliphatic carboxylic acids is 1. The van der Waals surface area contributed by atoms with Gasteiger partial charge in [0.05, 0.1) is 0 Å². The summed E-state index contributed by atoms with van der Waals surface area (Å²) in [4.78, 5) is 23.3. The van der Waals surface area contributed by atoms with Crippen molar-refractivity contribution in [3.63, 3.8) is 0 Å². The van der Waals surface area contributed by atoms with E-state index in [1.807, 2.05) is 38.3 Å². The molecule has 0 spiro atoms. The van der Waals surface area contributed by atoms with E-state index in [-0.39, 0.29) is 0 Å². The number of carboxylic acid groups (broad SMARTS) is 1. The molecule has 2 atom stereocenters. The minimum absolute atomic E-state index is 0.387. The molecule has 5 nitrogen and oxygen atoms in total. The number of carbonyl (C=O) groups is 2. The SMILES string of the molecule is CSCCC(NC(=O)C(C)Oc1c(C)cccc1C)C(=O)O. The lowest BCUT2D eigenvalue weighted by atomic mass is 10.1. The second kappa shape index (κ2) is 8.68. The molecule has 0 saturated heterocycles. The second-order valence-corrected chi connectivity index (χ2v) is 6.15. The first-order chi connectivity index (χ1) is 10.4. The number of nitrogens with one attached hydrogen (secondary N) is 1. The van der Waals surface area contributed by atoms with E-state index >= 15 is 0 Å². The molecule has 2 N–H and O–H groups in total. The Hall–Kier alpha value is -1.69. The molecule has 0 aliphatic carbocycles. The summed E-state index contributed by atoms with van der Waals surface area (Å²) in [6.45, 7) is 5.44. The van der Waals surface area contributed by atoms with E-state index in [9.17, 15) is 9.59 Å². The summed E-state index contributed by atoms with van der Waals surface area (Å²) >= 11 is 1.54. The van der Waals surface area contributed by atoms with Crippen LogP contribution in [0.4, 0.5) is 0 Å². The van der Waals surface area contributed by atoms with Gasteiger partial charge in [0.2, 0.25) is 0 Å². The minimum atomic E-state index is -1.03. The number of carbonyl (C=O) groups excluding carboxylic acids is 1. The van der Waals surface area contributed by atoms with E-state index in [0.717, 1.165) is 11.1 Å². The first-order valence-corrected chi connectivity index (χ1v) is 8.51. The third kappa shape index (κ3) is 5.26. The van der Waals surface area contributed by atoms with Crippen molar-refractivity contribution in [3.05, 3.63) is 29.3 Å². The van der Waals surface area contributed by atoms with Crippen molar-refractivity contribution in [3.8, 4) is 5.75 Å². The molecule has 122 valence electrons. The first kappa shape index (κ1) is 18.4. The molecule has 0 radical (unpaired) electrons. The summed E-state index contributed by atoms with van der Waals surface area (Å²) in [5.41, 5.74) is 1.88. The number of ether oxygens (including phenoxy) is 1. The highest BCUT2D eigenvalue weighted by atomic mass is 32.2. The molecule has 0 aliphatic rings. The third-order valence-corrected chi connectivity index (χ3v) is 3.94. The maximum atomic E-state index is 12.1. The van der Waals surface area contributed by atoms with Crippen molar-refractivity contribution < 1.29 is 19.4 Å². The summed E-state index contributed by atoms with van der Waals surface area (Å²) in [7, 11) is 0. The number of benzene rings is 1. The molecule has 2 unspecified atom stereocenters. The molecule has 22 heavy (non-hydrogen) atoms. The Bertz CT molecular complexity index is 513. The van der Waals surface area contributed by atoms with Crippen LogP contribution in [0.5, 0.6) is 5.75 Å². The molecule has 1 aromatic carbocycles. The Morgan fingerprint density at radius 3 is 2.41 bits per heavy atom. The highest BCUT2D eigenvalue weighted by molar-refractivity contribution is 7.98. The Morgan fingerprint density at radius 2 is 1.91 bits per heavy atom. The van der Waals surface area contributed by atoms with Crippen molar-refractivity contribution in [2.24, 2.45) is 0 Å². The first-order valence-electron chi connectivity index (χ1n) is 7.11. The summed E-state index contributed by atoms with van der Waals surface area (Å²) in [5.74, 6) is -0.109. The van der Waals surface area contributed by atoms with Gasteiger partial charge in [-0.05, 0) is 50.3 Å². The number of aryl methyl sites for hydroxylation is 2. The predicted molar refractivity (Wildman–Crippen MR) is 88.6 cm³/mol. The minimum Gasteiger partial charge on any atom is -0.480 e. The molecular formula is C16H23NO4S. The van der Waals surface area contributed by atoms with Crippen LogP contribution in [0.2, 0.25) is 0 Å².